The molecule has 21 heavy (non-hydrogen) atoms. The highest BCUT2D eigenvalue weighted by Gasteiger charge is 2.35. The SMILES string of the molecule is CCCNC(c1ccncc1)c1ccccc1C(F)(F)F. The van der Waals surface area contributed by atoms with E-state index in [-0.39, 0.29) is 5.56 Å². The molecular weight excluding hydrogens is 277 g/mol. The molecule has 0 aliphatic rings. The predicted octanol–water partition coefficient (Wildman–Crippen LogP) is 4.19. The number of aromatic nitrogens is 1. The van der Waals surface area contributed by atoms with Crippen molar-refractivity contribution in [1.29, 1.82) is 0 Å². The standard InChI is InChI=1S/C16H17F3N2/c1-2-9-21-15(12-7-10-20-11-8-12)13-5-3-4-6-14(13)16(17,18)19/h3-8,10-11,15,21H,2,9H2,1H3. The molecule has 1 aromatic carbocycles. The Kier molecular flexibility index (Phi) is 4.96. The van der Waals surface area contributed by atoms with E-state index in [4.69, 9.17) is 0 Å². The van der Waals surface area contributed by atoms with Crippen LogP contribution in [-0.4, -0.2) is 11.5 Å². The normalized spacial score (nSPS) is 13.1. The third kappa shape index (κ3) is 3.82. The van der Waals surface area contributed by atoms with Crippen molar-refractivity contribution in [1.82, 2.24) is 10.3 Å². The highest BCUT2D eigenvalue weighted by molar-refractivity contribution is 5.38. The number of nitrogens with one attached hydrogen (secondary N) is 1. The van der Waals surface area contributed by atoms with Crippen LogP contribution in [0.2, 0.25) is 0 Å². The minimum Gasteiger partial charge on any atom is -0.306 e. The number of benzene rings is 1. The Morgan fingerprint density at radius 1 is 1.10 bits per heavy atom. The molecule has 1 aromatic heterocycles. The van der Waals surface area contributed by atoms with Gasteiger partial charge in [-0.25, -0.2) is 0 Å². The molecule has 1 heterocycles. The summed E-state index contributed by atoms with van der Waals surface area (Å²) in [7, 11) is 0. The van der Waals surface area contributed by atoms with E-state index in [1.54, 1.807) is 30.6 Å². The topological polar surface area (TPSA) is 24.9 Å². The second-order valence-electron chi connectivity index (χ2n) is 4.75. The molecule has 0 saturated heterocycles. The van der Waals surface area contributed by atoms with Crippen molar-refractivity contribution < 1.29 is 13.2 Å². The first-order chi connectivity index (χ1) is 10.0. The Hall–Kier alpha value is -1.88. The van der Waals surface area contributed by atoms with E-state index in [1.807, 2.05) is 6.92 Å². The van der Waals surface area contributed by atoms with Crippen molar-refractivity contribution in [3.63, 3.8) is 0 Å². The molecule has 1 unspecified atom stereocenters. The first kappa shape index (κ1) is 15.5. The van der Waals surface area contributed by atoms with Crippen molar-refractivity contribution in [2.45, 2.75) is 25.6 Å². The van der Waals surface area contributed by atoms with E-state index in [0.29, 0.717) is 6.54 Å². The molecule has 0 radical (unpaired) electrons. The van der Waals surface area contributed by atoms with Crippen LogP contribution >= 0.6 is 0 Å². The van der Waals surface area contributed by atoms with E-state index in [1.165, 1.54) is 12.1 Å². The number of alkyl halides is 3. The van der Waals surface area contributed by atoms with Crippen molar-refractivity contribution in [3.8, 4) is 0 Å². The van der Waals surface area contributed by atoms with Gasteiger partial charge in [-0.1, -0.05) is 25.1 Å². The molecule has 0 spiro atoms. The van der Waals surface area contributed by atoms with Gasteiger partial charge < -0.3 is 5.32 Å². The van der Waals surface area contributed by atoms with Crippen LogP contribution in [0, 0.1) is 0 Å². The first-order valence-corrected chi connectivity index (χ1v) is 6.83. The quantitative estimate of drug-likeness (QED) is 0.894. The van der Waals surface area contributed by atoms with Crippen molar-refractivity contribution >= 4 is 0 Å². The Balaban J connectivity index is 2.47. The average molecular weight is 294 g/mol. The molecule has 1 atom stereocenters. The van der Waals surface area contributed by atoms with E-state index >= 15 is 0 Å². The van der Waals surface area contributed by atoms with Crippen LogP contribution in [0.25, 0.3) is 0 Å². The van der Waals surface area contributed by atoms with Gasteiger partial charge in [0.05, 0.1) is 11.6 Å². The molecule has 1 N–H and O–H groups in total. The maximum atomic E-state index is 13.2. The fourth-order valence-corrected chi connectivity index (χ4v) is 2.26. The maximum Gasteiger partial charge on any atom is 0.416 e. The first-order valence-electron chi connectivity index (χ1n) is 6.83. The van der Waals surface area contributed by atoms with Gasteiger partial charge in [0.15, 0.2) is 0 Å². The van der Waals surface area contributed by atoms with Crippen LogP contribution in [0.3, 0.4) is 0 Å². The Morgan fingerprint density at radius 3 is 2.38 bits per heavy atom. The van der Waals surface area contributed by atoms with E-state index in [0.717, 1.165) is 18.1 Å². The number of pyridine rings is 1. The molecule has 0 amide bonds. The van der Waals surface area contributed by atoms with E-state index in [9.17, 15) is 13.2 Å². The zero-order chi connectivity index (χ0) is 15.3. The third-order valence-electron chi connectivity index (χ3n) is 3.22. The molecule has 2 aromatic rings. The minimum absolute atomic E-state index is 0.240. The van der Waals surface area contributed by atoms with Gasteiger partial charge in [-0.2, -0.15) is 13.2 Å². The summed E-state index contributed by atoms with van der Waals surface area (Å²) < 4.78 is 39.6. The highest BCUT2D eigenvalue weighted by atomic mass is 19.4. The van der Waals surface area contributed by atoms with Crippen LogP contribution in [0.1, 0.15) is 36.1 Å². The summed E-state index contributed by atoms with van der Waals surface area (Å²) in [5.74, 6) is 0. The Morgan fingerprint density at radius 2 is 1.76 bits per heavy atom. The molecule has 2 nitrogen and oxygen atoms in total. The zero-order valence-electron chi connectivity index (χ0n) is 11.7. The van der Waals surface area contributed by atoms with Crippen LogP contribution < -0.4 is 5.32 Å². The summed E-state index contributed by atoms with van der Waals surface area (Å²) in [5, 5.41) is 3.19. The monoisotopic (exact) mass is 294 g/mol. The second-order valence-corrected chi connectivity index (χ2v) is 4.75. The van der Waals surface area contributed by atoms with Crippen molar-refractivity contribution in [3.05, 3.63) is 65.5 Å². The fraction of sp³-hybridized carbons (Fsp3) is 0.312. The molecule has 0 fully saturated rings. The number of hydrogen-bond donors (Lipinski definition) is 1. The largest absolute Gasteiger partial charge is 0.416 e. The van der Waals surface area contributed by atoms with Crippen molar-refractivity contribution in [2.75, 3.05) is 6.54 Å². The Labute approximate surface area is 122 Å². The molecular formula is C16H17F3N2. The molecule has 0 aliphatic carbocycles. The average Bonchev–Trinajstić information content (AvgIpc) is 2.48. The number of hydrogen-bond acceptors (Lipinski definition) is 2. The lowest BCUT2D eigenvalue weighted by molar-refractivity contribution is -0.138. The van der Waals surface area contributed by atoms with Gasteiger partial charge in [0.1, 0.15) is 0 Å². The minimum atomic E-state index is -4.37. The molecule has 2 rings (SSSR count). The summed E-state index contributed by atoms with van der Waals surface area (Å²) in [6.07, 6.45) is -0.343. The summed E-state index contributed by atoms with van der Waals surface area (Å²) in [6.45, 7) is 2.62. The highest BCUT2D eigenvalue weighted by Crippen LogP contribution is 2.36. The molecule has 112 valence electrons. The lowest BCUT2D eigenvalue weighted by atomic mass is 9.94. The molecule has 5 heteroatoms. The van der Waals surface area contributed by atoms with E-state index in [2.05, 4.69) is 10.3 Å². The molecule has 0 saturated carbocycles. The predicted molar refractivity (Wildman–Crippen MR) is 75.8 cm³/mol. The molecule has 0 bridgehead atoms. The van der Waals surface area contributed by atoms with Crippen LogP contribution in [0.4, 0.5) is 13.2 Å². The number of nitrogens with zero attached hydrogens (tertiary/aromatic N) is 1. The Bertz CT molecular complexity index is 567. The lowest BCUT2D eigenvalue weighted by Crippen LogP contribution is -2.26. The summed E-state index contributed by atoms with van der Waals surface area (Å²) in [5.41, 5.74) is 0.412. The lowest BCUT2D eigenvalue weighted by Gasteiger charge is -2.23. The van der Waals surface area contributed by atoms with Crippen LogP contribution in [0.5, 0.6) is 0 Å². The van der Waals surface area contributed by atoms with Gasteiger partial charge in [0.25, 0.3) is 0 Å². The fourth-order valence-electron chi connectivity index (χ4n) is 2.26. The summed E-state index contributed by atoms with van der Waals surface area (Å²) >= 11 is 0. The third-order valence-corrected chi connectivity index (χ3v) is 3.22. The summed E-state index contributed by atoms with van der Waals surface area (Å²) in [4.78, 5) is 3.92. The smallest absolute Gasteiger partial charge is 0.306 e. The van der Waals surface area contributed by atoms with Crippen molar-refractivity contribution in [2.24, 2.45) is 0 Å². The van der Waals surface area contributed by atoms with Gasteiger partial charge in [0.2, 0.25) is 0 Å². The maximum absolute atomic E-state index is 13.2. The van der Waals surface area contributed by atoms with Gasteiger partial charge in [0, 0.05) is 12.4 Å². The van der Waals surface area contributed by atoms with Gasteiger partial charge >= 0.3 is 6.18 Å². The van der Waals surface area contributed by atoms with Gasteiger partial charge in [-0.05, 0) is 42.3 Å². The zero-order valence-corrected chi connectivity index (χ0v) is 11.7. The molecule has 0 aliphatic heterocycles. The van der Waals surface area contributed by atoms with Gasteiger partial charge in [-0.3, -0.25) is 4.98 Å². The van der Waals surface area contributed by atoms with Gasteiger partial charge in [-0.15, -0.1) is 0 Å². The number of rotatable bonds is 5. The van der Waals surface area contributed by atoms with Crippen LogP contribution in [-0.2, 0) is 6.18 Å². The second kappa shape index (κ2) is 6.72. The van der Waals surface area contributed by atoms with Crippen LogP contribution in [0.15, 0.2) is 48.8 Å². The number of halogens is 3. The van der Waals surface area contributed by atoms with E-state index < -0.39 is 17.8 Å². The summed E-state index contributed by atoms with van der Waals surface area (Å²) in [6, 6.07) is 8.67.